The van der Waals surface area contributed by atoms with E-state index in [1.165, 1.54) is 0 Å². The van der Waals surface area contributed by atoms with Gasteiger partial charge in [0.25, 0.3) is 0 Å². The molecule has 3 nitrogen and oxygen atoms in total. The predicted octanol–water partition coefficient (Wildman–Crippen LogP) is 0.305. The third kappa shape index (κ3) is 1.05. The topological polar surface area (TPSA) is 32.8 Å². The Bertz CT molecular complexity index is 197. The monoisotopic (exact) mass is 173 g/mol. The van der Waals surface area contributed by atoms with Gasteiger partial charge in [0.15, 0.2) is 6.23 Å². The summed E-state index contributed by atoms with van der Waals surface area (Å²) in [5.41, 5.74) is 0. The molecule has 1 amide bonds. The maximum absolute atomic E-state index is 11.2. The number of nitrogens with zero attached hydrogens (tertiary/aromatic N) is 1. The zero-order chi connectivity index (χ0) is 8.01. The van der Waals surface area contributed by atoms with Gasteiger partial charge in [-0.25, -0.2) is 0 Å². The first-order valence-corrected chi connectivity index (χ1v) is 4.96. The zero-order valence-corrected chi connectivity index (χ0v) is 7.43. The molecule has 0 aromatic carbocycles. The van der Waals surface area contributed by atoms with Crippen LogP contribution in [0.15, 0.2) is 0 Å². The lowest BCUT2D eigenvalue weighted by atomic mass is 10.1. The van der Waals surface area contributed by atoms with Crippen molar-refractivity contribution in [1.29, 1.82) is 0 Å². The molecule has 0 aromatic heterocycles. The number of amides is 1. The SMILES string of the molecule is CSC1CC(=O)N(C)C2OC12. The van der Waals surface area contributed by atoms with Crippen LogP contribution in [0.5, 0.6) is 0 Å². The molecule has 2 fully saturated rings. The minimum absolute atomic E-state index is 0.0914. The molecule has 2 heterocycles. The van der Waals surface area contributed by atoms with Crippen LogP contribution in [0.4, 0.5) is 0 Å². The van der Waals surface area contributed by atoms with Crippen LogP contribution < -0.4 is 0 Å². The van der Waals surface area contributed by atoms with Crippen molar-refractivity contribution in [2.75, 3.05) is 13.3 Å². The number of thioether (sulfide) groups is 1. The van der Waals surface area contributed by atoms with Crippen LogP contribution in [0.25, 0.3) is 0 Å². The fourth-order valence-electron chi connectivity index (χ4n) is 1.49. The van der Waals surface area contributed by atoms with Gasteiger partial charge in [-0.3, -0.25) is 4.79 Å². The highest BCUT2D eigenvalue weighted by Gasteiger charge is 2.53. The molecule has 2 rings (SSSR count). The van der Waals surface area contributed by atoms with Gasteiger partial charge in [-0.15, -0.1) is 0 Å². The van der Waals surface area contributed by atoms with Crippen molar-refractivity contribution in [3.63, 3.8) is 0 Å². The lowest BCUT2D eigenvalue weighted by Gasteiger charge is -2.23. The van der Waals surface area contributed by atoms with E-state index in [4.69, 9.17) is 4.74 Å². The molecule has 3 atom stereocenters. The quantitative estimate of drug-likeness (QED) is 0.535. The summed E-state index contributed by atoms with van der Waals surface area (Å²) >= 11 is 1.73. The summed E-state index contributed by atoms with van der Waals surface area (Å²) in [5, 5.41) is 0.392. The van der Waals surface area contributed by atoms with E-state index in [9.17, 15) is 4.79 Å². The van der Waals surface area contributed by atoms with Crippen molar-refractivity contribution < 1.29 is 9.53 Å². The van der Waals surface area contributed by atoms with Crippen LogP contribution in [0.3, 0.4) is 0 Å². The third-order valence-corrected chi connectivity index (χ3v) is 3.36. The Morgan fingerprint density at radius 3 is 3.09 bits per heavy atom. The van der Waals surface area contributed by atoms with Crippen molar-refractivity contribution in [3.8, 4) is 0 Å². The molecule has 0 spiro atoms. The maximum Gasteiger partial charge on any atom is 0.225 e. The number of ether oxygens (including phenoxy) is 1. The number of likely N-dealkylation sites (tertiary alicyclic amines) is 1. The van der Waals surface area contributed by atoms with Gasteiger partial charge in [0.05, 0.1) is 0 Å². The summed E-state index contributed by atoms with van der Waals surface area (Å²) in [7, 11) is 1.81. The Morgan fingerprint density at radius 1 is 1.73 bits per heavy atom. The van der Waals surface area contributed by atoms with E-state index < -0.39 is 0 Å². The van der Waals surface area contributed by atoms with Crippen LogP contribution in [0, 0.1) is 0 Å². The molecule has 0 bridgehead atoms. The molecule has 4 heteroatoms. The first kappa shape index (κ1) is 7.43. The molecule has 11 heavy (non-hydrogen) atoms. The summed E-state index contributed by atoms with van der Waals surface area (Å²) < 4.78 is 5.35. The number of epoxide rings is 1. The van der Waals surface area contributed by atoms with E-state index >= 15 is 0 Å². The van der Waals surface area contributed by atoms with E-state index in [0.29, 0.717) is 17.8 Å². The highest BCUT2D eigenvalue weighted by molar-refractivity contribution is 7.99. The molecule has 2 aliphatic heterocycles. The molecular weight excluding hydrogens is 162 g/mol. The minimum atomic E-state index is 0.0914. The molecule has 0 aliphatic carbocycles. The van der Waals surface area contributed by atoms with Gasteiger partial charge in [0.2, 0.25) is 5.91 Å². The number of rotatable bonds is 1. The number of fused-ring (bicyclic) bond motifs is 1. The van der Waals surface area contributed by atoms with Gasteiger partial charge in [-0.05, 0) is 6.26 Å². The zero-order valence-electron chi connectivity index (χ0n) is 6.61. The number of hydrogen-bond donors (Lipinski definition) is 0. The lowest BCUT2D eigenvalue weighted by molar-refractivity contribution is -0.132. The Labute approximate surface area is 70.1 Å². The van der Waals surface area contributed by atoms with Crippen molar-refractivity contribution in [2.45, 2.75) is 24.0 Å². The summed E-state index contributed by atoms with van der Waals surface area (Å²) in [6, 6.07) is 0. The average molecular weight is 173 g/mol. The fraction of sp³-hybridized carbons (Fsp3) is 0.857. The van der Waals surface area contributed by atoms with Crippen molar-refractivity contribution in [3.05, 3.63) is 0 Å². The molecule has 2 aliphatic rings. The molecule has 2 saturated heterocycles. The molecular formula is C7H11NO2S. The van der Waals surface area contributed by atoms with E-state index in [0.717, 1.165) is 0 Å². The second kappa shape index (κ2) is 2.38. The summed E-state index contributed by atoms with van der Waals surface area (Å²) in [4.78, 5) is 12.9. The second-order valence-electron chi connectivity index (χ2n) is 2.97. The third-order valence-electron chi connectivity index (χ3n) is 2.32. The largest absolute Gasteiger partial charge is 0.346 e. The highest BCUT2D eigenvalue weighted by atomic mass is 32.2. The van der Waals surface area contributed by atoms with Gasteiger partial charge in [-0.1, -0.05) is 0 Å². The Balaban J connectivity index is 2.07. The average Bonchev–Trinajstić information content (AvgIpc) is 2.76. The Hall–Kier alpha value is -0.220. The van der Waals surface area contributed by atoms with Gasteiger partial charge >= 0.3 is 0 Å². The van der Waals surface area contributed by atoms with Gasteiger partial charge in [0, 0.05) is 18.7 Å². The summed E-state index contributed by atoms with van der Waals surface area (Å²) in [5.74, 6) is 0.211. The first-order valence-electron chi connectivity index (χ1n) is 3.68. The number of likely N-dealkylation sites (N-methyl/N-ethyl adjacent to an activating group) is 1. The van der Waals surface area contributed by atoms with Crippen molar-refractivity contribution in [2.24, 2.45) is 0 Å². The number of hydrogen-bond acceptors (Lipinski definition) is 3. The molecule has 0 radical (unpaired) electrons. The minimum Gasteiger partial charge on any atom is -0.346 e. The van der Waals surface area contributed by atoms with Gasteiger partial charge in [0.1, 0.15) is 6.10 Å². The van der Waals surface area contributed by atoms with Crippen LogP contribution >= 0.6 is 11.8 Å². The molecule has 0 saturated carbocycles. The van der Waals surface area contributed by atoms with E-state index in [1.54, 1.807) is 16.7 Å². The van der Waals surface area contributed by atoms with Crippen molar-refractivity contribution >= 4 is 17.7 Å². The molecule has 0 aromatic rings. The van der Waals surface area contributed by atoms with E-state index in [1.807, 2.05) is 13.3 Å². The van der Waals surface area contributed by atoms with Gasteiger partial charge in [-0.2, -0.15) is 11.8 Å². The van der Waals surface area contributed by atoms with Crippen LogP contribution in [-0.2, 0) is 9.53 Å². The maximum atomic E-state index is 11.2. The van der Waals surface area contributed by atoms with E-state index in [-0.39, 0.29) is 12.1 Å². The predicted molar refractivity (Wildman–Crippen MR) is 43.4 cm³/mol. The number of piperidine rings is 1. The van der Waals surface area contributed by atoms with Gasteiger partial charge < -0.3 is 9.64 Å². The molecule has 0 N–H and O–H groups in total. The van der Waals surface area contributed by atoms with Crippen LogP contribution in [0.2, 0.25) is 0 Å². The number of carbonyl (C=O) groups is 1. The molecule has 3 unspecified atom stereocenters. The van der Waals surface area contributed by atoms with Crippen molar-refractivity contribution in [1.82, 2.24) is 4.90 Å². The fourth-order valence-corrected chi connectivity index (χ4v) is 2.27. The second-order valence-corrected chi connectivity index (χ2v) is 4.05. The highest BCUT2D eigenvalue weighted by Crippen LogP contribution is 2.39. The number of carbonyl (C=O) groups excluding carboxylic acids is 1. The normalized spacial score (nSPS) is 42.2. The Kier molecular flexibility index (Phi) is 1.61. The standard InChI is InChI=1S/C7H11NO2S/c1-8-5(9)3-4(11-2)6-7(8)10-6/h4,6-7H,3H2,1-2H3. The van der Waals surface area contributed by atoms with Crippen LogP contribution in [0.1, 0.15) is 6.42 Å². The van der Waals surface area contributed by atoms with Crippen LogP contribution in [-0.4, -0.2) is 41.7 Å². The summed E-state index contributed by atoms with van der Waals surface area (Å²) in [6.07, 6.45) is 3.07. The lowest BCUT2D eigenvalue weighted by Crippen LogP contribution is -2.40. The first-order chi connectivity index (χ1) is 5.24. The van der Waals surface area contributed by atoms with E-state index in [2.05, 4.69) is 0 Å². The Morgan fingerprint density at radius 2 is 2.45 bits per heavy atom. The summed E-state index contributed by atoms with van der Waals surface area (Å²) in [6.45, 7) is 0. The smallest absolute Gasteiger partial charge is 0.225 e. The molecule has 62 valence electrons.